The van der Waals surface area contributed by atoms with Gasteiger partial charge in [0, 0.05) is 17.4 Å². The Hall–Kier alpha value is -1.37. The molecule has 0 spiro atoms. The smallest absolute Gasteiger partial charge is 0.160 e. The predicted octanol–water partition coefficient (Wildman–Crippen LogP) is 2.78. The molecular weight excluding hydrogens is 276 g/mol. The summed E-state index contributed by atoms with van der Waals surface area (Å²) in [5, 5.41) is 20.2. The Kier molecular flexibility index (Phi) is 4.14. The van der Waals surface area contributed by atoms with Crippen molar-refractivity contribution in [2.75, 3.05) is 6.61 Å². The van der Waals surface area contributed by atoms with Gasteiger partial charge in [0.1, 0.15) is 0 Å². The lowest BCUT2D eigenvalue weighted by atomic mass is 9.61. The second-order valence-electron chi connectivity index (χ2n) is 7.57. The Balaban J connectivity index is 2.57. The second kappa shape index (κ2) is 5.37. The molecule has 0 saturated heterocycles. The molecule has 2 aliphatic rings. The highest BCUT2D eigenvalue weighted by Crippen LogP contribution is 2.58. The summed E-state index contributed by atoms with van der Waals surface area (Å²) in [5.74, 6) is 6.08. The van der Waals surface area contributed by atoms with E-state index in [9.17, 15) is 9.90 Å². The van der Waals surface area contributed by atoms with E-state index >= 15 is 0 Å². The summed E-state index contributed by atoms with van der Waals surface area (Å²) in [4.78, 5) is 12.6. The Morgan fingerprint density at radius 3 is 2.41 bits per heavy atom. The van der Waals surface area contributed by atoms with Gasteiger partial charge in [-0.2, -0.15) is 0 Å². The molecular formula is C19H26O3. The topological polar surface area (TPSA) is 57.5 Å². The number of carbonyl (C=O) groups excluding carboxylic acids is 1. The van der Waals surface area contributed by atoms with Gasteiger partial charge in [-0.15, -0.1) is 0 Å². The van der Waals surface area contributed by atoms with E-state index < -0.39 is 11.0 Å². The molecule has 2 aliphatic carbocycles. The van der Waals surface area contributed by atoms with E-state index in [1.807, 2.05) is 20.8 Å². The van der Waals surface area contributed by atoms with Crippen LogP contribution in [0.2, 0.25) is 0 Å². The van der Waals surface area contributed by atoms with Crippen molar-refractivity contribution in [1.29, 1.82) is 0 Å². The summed E-state index contributed by atoms with van der Waals surface area (Å²) < 4.78 is 0. The zero-order valence-electron chi connectivity index (χ0n) is 14.2. The Bertz CT molecular complexity index is 621. The molecule has 3 nitrogen and oxygen atoms in total. The number of aliphatic hydroxyl groups is 2. The maximum atomic E-state index is 12.6. The van der Waals surface area contributed by atoms with Crippen LogP contribution in [0, 0.1) is 22.7 Å². The molecule has 1 saturated carbocycles. The molecule has 1 unspecified atom stereocenters. The summed E-state index contributed by atoms with van der Waals surface area (Å²) in [6, 6.07) is 0. The summed E-state index contributed by atoms with van der Waals surface area (Å²) in [6.07, 6.45) is 3.92. The fourth-order valence-electron chi connectivity index (χ4n) is 3.38. The van der Waals surface area contributed by atoms with Crippen LogP contribution in [0.1, 0.15) is 53.9 Å². The van der Waals surface area contributed by atoms with Crippen LogP contribution in [0.3, 0.4) is 0 Å². The van der Waals surface area contributed by atoms with Crippen LogP contribution >= 0.6 is 0 Å². The summed E-state index contributed by atoms with van der Waals surface area (Å²) in [5.41, 5.74) is 0.187. The predicted molar refractivity (Wildman–Crippen MR) is 87.0 cm³/mol. The highest BCUT2D eigenvalue weighted by molar-refractivity contribution is 6.00. The van der Waals surface area contributed by atoms with Crippen molar-refractivity contribution >= 4 is 5.78 Å². The first-order valence-electron chi connectivity index (χ1n) is 7.86. The molecule has 0 aromatic carbocycles. The number of rotatable bonds is 2. The number of Topliss-reactive ketones (excluding diaryl/α,β-unsaturated/α-hetero) is 1. The first-order chi connectivity index (χ1) is 10.1. The van der Waals surface area contributed by atoms with E-state index in [-0.39, 0.29) is 17.8 Å². The molecule has 0 bridgehead atoms. The third kappa shape index (κ3) is 2.66. The van der Waals surface area contributed by atoms with Crippen LogP contribution in [-0.2, 0) is 4.79 Å². The third-order valence-electron chi connectivity index (χ3n) is 5.22. The molecule has 1 fully saturated rings. The molecule has 0 heterocycles. The van der Waals surface area contributed by atoms with Crippen molar-refractivity contribution in [1.82, 2.24) is 0 Å². The molecule has 0 aromatic heterocycles. The van der Waals surface area contributed by atoms with Crippen LogP contribution in [0.5, 0.6) is 0 Å². The summed E-state index contributed by atoms with van der Waals surface area (Å²) in [7, 11) is 0. The summed E-state index contributed by atoms with van der Waals surface area (Å²) >= 11 is 0. The largest absolute Gasteiger partial charge is 0.392 e. The number of ketones is 1. The van der Waals surface area contributed by atoms with Crippen LogP contribution in [0.4, 0.5) is 0 Å². The molecule has 0 radical (unpaired) electrons. The standard InChI is InChI=1S/C19H26O3/c1-13(7-11-20)6-8-19(22)14(2)16(18(5)9-10-18)15(21)12-17(19,3)4/h7,20,22H,9-12H2,1-5H3/b13-7-. The molecule has 2 rings (SSSR count). The van der Waals surface area contributed by atoms with Crippen LogP contribution < -0.4 is 0 Å². The maximum absolute atomic E-state index is 12.6. The first kappa shape index (κ1) is 17.0. The minimum absolute atomic E-state index is 0.0705. The Morgan fingerprint density at radius 1 is 1.32 bits per heavy atom. The van der Waals surface area contributed by atoms with Crippen LogP contribution in [-0.4, -0.2) is 28.2 Å². The van der Waals surface area contributed by atoms with Crippen molar-refractivity contribution < 1.29 is 15.0 Å². The average molecular weight is 302 g/mol. The lowest BCUT2D eigenvalue weighted by molar-refractivity contribution is -0.123. The number of hydrogen-bond acceptors (Lipinski definition) is 3. The number of allylic oxidation sites excluding steroid dienone is 2. The van der Waals surface area contributed by atoms with Gasteiger partial charge < -0.3 is 10.2 Å². The molecule has 0 aromatic rings. The SMILES string of the molecule is CC1=C(C2(C)CC2)C(=O)CC(C)(C)C1(O)C#C/C(C)=C\CO. The molecule has 0 amide bonds. The van der Waals surface area contributed by atoms with Crippen molar-refractivity contribution in [2.24, 2.45) is 10.8 Å². The van der Waals surface area contributed by atoms with Gasteiger partial charge in [-0.3, -0.25) is 4.79 Å². The second-order valence-corrected chi connectivity index (χ2v) is 7.57. The number of hydrogen-bond donors (Lipinski definition) is 2. The van der Waals surface area contributed by atoms with Crippen molar-refractivity contribution in [3.8, 4) is 11.8 Å². The molecule has 0 aliphatic heterocycles. The van der Waals surface area contributed by atoms with E-state index in [0.717, 1.165) is 24.0 Å². The lowest BCUT2D eigenvalue weighted by Crippen LogP contribution is -2.50. The van der Waals surface area contributed by atoms with E-state index in [1.54, 1.807) is 13.0 Å². The van der Waals surface area contributed by atoms with Crippen molar-refractivity contribution in [3.05, 3.63) is 22.8 Å². The van der Waals surface area contributed by atoms with Crippen LogP contribution in [0.25, 0.3) is 0 Å². The van der Waals surface area contributed by atoms with Gasteiger partial charge in [0.25, 0.3) is 0 Å². The normalized spacial score (nSPS) is 30.0. The average Bonchev–Trinajstić information content (AvgIpc) is 3.12. The molecule has 120 valence electrons. The minimum Gasteiger partial charge on any atom is -0.392 e. The van der Waals surface area contributed by atoms with Crippen molar-refractivity contribution in [2.45, 2.75) is 59.5 Å². The quantitative estimate of drug-likeness (QED) is 0.771. The van der Waals surface area contributed by atoms with E-state index in [0.29, 0.717) is 12.0 Å². The summed E-state index contributed by atoms with van der Waals surface area (Å²) in [6.45, 7) is 9.44. The fourth-order valence-corrected chi connectivity index (χ4v) is 3.38. The highest BCUT2D eigenvalue weighted by Gasteiger charge is 2.56. The molecule has 2 N–H and O–H groups in total. The molecule has 22 heavy (non-hydrogen) atoms. The zero-order valence-corrected chi connectivity index (χ0v) is 14.2. The number of aliphatic hydroxyl groups excluding tert-OH is 1. The van der Waals surface area contributed by atoms with Gasteiger partial charge in [-0.25, -0.2) is 0 Å². The van der Waals surface area contributed by atoms with Gasteiger partial charge in [0.15, 0.2) is 11.4 Å². The molecule has 3 heteroatoms. The maximum Gasteiger partial charge on any atom is 0.160 e. The highest BCUT2D eigenvalue weighted by atomic mass is 16.3. The van der Waals surface area contributed by atoms with Gasteiger partial charge in [0.05, 0.1) is 6.61 Å². The first-order valence-corrected chi connectivity index (χ1v) is 7.86. The van der Waals surface area contributed by atoms with Crippen molar-refractivity contribution in [3.63, 3.8) is 0 Å². The third-order valence-corrected chi connectivity index (χ3v) is 5.22. The van der Waals surface area contributed by atoms with E-state index in [4.69, 9.17) is 5.11 Å². The van der Waals surface area contributed by atoms with Gasteiger partial charge >= 0.3 is 0 Å². The van der Waals surface area contributed by atoms with Gasteiger partial charge in [-0.1, -0.05) is 32.6 Å². The van der Waals surface area contributed by atoms with Gasteiger partial charge in [0.2, 0.25) is 0 Å². The Morgan fingerprint density at radius 2 is 1.91 bits per heavy atom. The minimum atomic E-state index is -1.31. The lowest BCUT2D eigenvalue weighted by Gasteiger charge is -2.45. The fraction of sp³-hybridized carbons (Fsp3) is 0.632. The molecule has 1 atom stereocenters. The van der Waals surface area contributed by atoms with Crippen LogP contribution in [0.15, 0.2) is 22.8 Å². The monoisotopic (exact) mass is 302 g/mol. The number of carbonyl (C=O) groups is 1. The zero-order chi connectivity index (χ0) is 16.8. The Labute approximate surface area is 133 Å². The van der Waals surface area contributed by atoms with E-state index in [2.05, 4.69) is 18.8 Å². The van der Waals surface area contributed by atoms with Gasteiger partial charge in [-0.05, 0) is 49.3 Å². The van der Waals surface area contributed by atoms with E-state index in [1.165, 1.54) is 0 Å².